The van der Waals surface area contributed by atoms with Crippen molar-refractivity contribution in [2.45, 2.75) is 45.8 Å². The summed E-state index contributed by atoms with van der Waals surface area (Å²) >= 11 is 0. The number of aryl methyl sites for hydroxylation is 1. The lowest BCUT2D eigenvalue weighted by molar-refractivity contribution is -0.137. The van der Waals surface area contributed by atoms with Crippen LogP contribution in [0.5, 0.6) is 0 Å². The highest BCUT2D eigenvalue weighted by molar-refractivity contribution is 6.08. The van der Waals surface area contributed by atoms with Gasteiger partial charge in [0.05, 0.1) is 30.2 Å². The summed E-state index contributed by atoms with van der Waals surface area (Å²) in [5, 5.41) is 5.70. The Kier molecular flexibility index (Phi) is 14.0. The predicted molar refractivity (Wildman–Crippen MR) is 210 cm³/mol. The molecule has 10 nitrogen and oxygen atoms in total. The van der Waals surface area contributed by atoms with E-state index in [1.807, 2.05) is 19.1 Å². The van der Waals surface area contributed by atoms with Crippen LogP contribution in [0, 0.1) is 6.92 Å². The maximum absolute atomic E-state index is 13.9. The van der Waals surface area contributed by atoms with Crippen LogP contribution in [0.25, 0.3) is 5.70 Å². The summed E-state index contributed by atoms with van der Waals surface area (Å²) in [6, 6.07) is 15.5. The minimum Gasteiger partial charge on any atom is -0.379 e. The van der Waals surface area contributed by atoms with Gasteiger partial charge in [-0.2, -0.15) is 13.2 Å². The molecule has 3 aromatic rings. The largest absolute Gasteiger partial charge is 0.416 e. The second kappa shape index (κ2) is 18.9. The van der Waals surface area contributed by atoms with Crippen molar-refractivity contribution in [3.8, 4) is 0 Å². The maximum atomic E-state index is 13.9. The number of hydrogen-bond acceptors (Lipinski definition) is 7. The lowest BCUT2D eigenvalue weighted by atomic mass is 10.0. The normalized spacial score (nSPS) is 15.7. The van der Waals surface area contributed by atoms with Gasteiger partial charge in [0, 0.05) is 80.8 Å². The molecule has 2 fully saturated rings. The quantitative estimate of drug-likeness (QED) is 0.111. The number of nitrogens with one attached hydrogen (secondary N) is 2. The third kappa shape index (κ3) is 11.1. The van der Waals surface area contributed by atoms with E-state index in [1.54, 1.807) is 49.2 Å². The molecule has 5 rings (SSSR count). The molecule has 2 N–H and O–H groups in total. The molecule has 2 saturated heterocycles. The highest BCUT2D eigenvalue weighted by Gasteiger charge is 2.30. The van der Waals surface area contributed by atoms with Crippen LogP contribution in [0.4, 0.5) is 24.5 Å². The Hall–Kier alpha value is -5.27. The van der Waals surface area contributed by atoms with Crippen molar-refractivity contribution >= 4 is 41.5 Å². The molecule has 13 heteroatoms. The number of rotatable bonds is 13. The van der Waals surface area contributed by atoms with E-state index < -0.39 is 23.6 Å². The van der Waals surface area contributed by atoms with Crippen LogP contribution in [0.1, 0.15) is 69.2 Å². The van der Waals surface area contributed by atoms with Crippen molar-refractivity contribution in [3.05, 3.63) is 112 Å². The molecule has 292 valence electrons. The second-order valence-electron chi connectivity index (χ2n) is 13.8. The molecule has 3 amide bonds. The molecule has 0 unspecified atom stereocenters. The third-order valence-corrected chi connectivity index (χ3v) is 9.78. The zero-order valence-electron chi connectivity index (χ0n) is 31.7. The van der Waals surface area contributed by atoms with E-state index in [-0.39, 0.29) is 18.0 Å². The van der Waals surface area contributed by atoms with Crippen LogP contribution in [0.3, 0.4) is 0 Å². The summed E-state index contributed by atoms with van der Waals surface area (Å²) < 4.78 is 45.2. The number of piperidine rings is 1. The smallest absolute Gasteiger partial charge is 0.379 e. The number of morpholine rings is 1. The van der Waals surface area contributed by atoms with Gasteiger partial charge in [-0.1, -0.05) is 18.2 Å². The van der Waals surface area contributed by atoms with Crippen LogP contribution >= 0.6 is 0 Å². The molecule has 2 aliphatic rings. The van der Waals surface area contributed by atoms with Gasteiger partial charge >= 0.3 is 6.18 Å². The number of hydrogen-bond donors (Lipinski definition) is 2. The van der Waals surface area contributed by atoms with Gasteiger partial charge in [-0.3, -0.25) is 24.3 Å². The van der Waals surface area contributed by atoms with E-state index in [0.29, 0.717) is 53.4 Å². The average molecular weight is 759 g/mol. The van der Waals surface area contributed by atoms with E-state index in [9.17, 15) is 27.6 Å². The van der Waals surface area contributed by atoms with Crippen molar-refractivity contribution in [2.75, 3.05) is 69.7 Å². The van der Waals surface area contributed by atoms with Crippen molar-refractivity contribution < 1.29 is 32.3 Å². The molecule has 0 aliphatic carbocycles. The molecule has 0 bridgehead atoms. The van der Waals surface area contributed by atoms with E-state index in [1.165, 1.54) is 18.2 Å². The SMILES string of the molecule is C=N/C(=C\C(=C/C)C(=O)NCc1cccc(C(F)(F)F)c1)c1cc(N2CCCCC2)ccc1NC(=O)c1cc(C)cc(C(=O)N(C)CCN2CCOCC2)c1. The van der Waals surface area contributed by atoms with E-state index in [4.69, 9.17) is 4.74 Å². The summed E-state index contributed by atoms with van der Waals surface area (Å²) in [6.45, 7) is 13.1. The summed E-state index contributed by atoms with van der Waals surface area (Å²) in [5.74, 6) is -1.15. The zero-order chi connectivity index (χ0) is 39.5. The summed E-state index contributed by atoms with van der Waals surface area (Å²) in [4.78, 5) is 51.2. The fourth-order valence-corrected chi connectivity index (χ4v) is 6.65. The summed E-state index contributed by atoms with van der Waals surface area (Å²) in [7, 11) is 1.75. The van der Waals surface area contributed by atoms with Gasteiger partial charge in [0.25, 0.3) is 17.7 Å². The fourth-order valence-electron chi connectivity index (χ4n) is 6.65. The first-order chi connectivity index (χ1) is 26.4. The Morgan fingerprint density at radius 1 is 0.964 bits per heavy atom. The minimum absolute atomic E-state index is 0.124. The minimum atomic E-state index is -4.50. The van der Waals surface area contributed by atoms with Gasteiger partial charge < -0.3 is 25.2 Å². The van der Waals surface area contributed by atoms with E-state index in [0.717, 1.165) is 75.4 Å². The molecule has 55 heavy (non-hydrogen) atoms. The maximum Gasteiger partial charge on any atom is 0.416 e. The number of alkyl halides is 3. The number of amides is 3. The van der Waals surface area contributed by atoms with Crippen LogP contribution in [0.2, 0.25) is 0 Å². The molecular formula is C42H49F3N6O4. The van der Waals surface area contributed by atoms with Gasteiger partial charge in [-0.25, -0.2) is 0 Å². The molecule has 0 spiro atoms. The van der Waals surface area contributed by atoms with Gasteiger partial charge in [0.2, 0.25) is 0 Å². The van der Waals surface area contributed by atoms with E-state index in [2.05, 4.69) is 32.1 Å². The van der Waals surface area contributed by atoms with Crippen LogP contribution < -0.4 is 15.5 Å². The number of carbonyl (C=O) groups excluding carboxylic acids is 3. The Bertz CT molecular complexity index is 1930. The van der Waals surface area contributed by atoms with Crippen molar-refractivity contribution in [3.63, 3.8) is 0 Å². The second-order valence-corrected chi connectivity index (χ2v) is 13.8. The highest BCUT2D eigenvalue weighted by Crippen LogP contribution is 2.33. The number of anilines is 2. The van der Waals surface area contributed by atoms with Gasteiger partial charge in [-0.05, 0) is 106 Å². The Labute approximate surface area is 320 Å². The van der Waals surface area contributed by atoms with Gasteiger partial charge in [0.15, 0.2) is 0 Å². The van der Waals surface area contributed by atoms with Gasteiger partial charge in [0.1, 0.15) is 0 Å². The number of halogens is 3. The van der Waals surface area contributed by atoms with Crippen LogP contribution in [0.15, 0.2) is 83.4 Å². The lowest BCUT2D eigenvalue weighted by Crippen LogP contribution is -2.42. The molecule has 3 aromatic carbocycles. The summed E-state index contributed by atoms with van der Waals surface area (Å²) in [6.07, 6.45) is 1.83. The summed E-state index contributed by atoms with van der Waals surface area (Å²) in [5.41, 5.74) is 3.31. The number of benzene rings is 3. The average Bonchev–Trinajstić information content (AvgIpc) is 3.19. The number of ether oxygens (including phenoxy) is 1. The number of carbonyl (C=O) groups is 3. The number of allylic oxidation sites excluding steroid dienone is 1. The van der Waals surface area contributed by atoms with Crippen molar-refractivity contribution in [1.29, 1.82) is 0 Å². The molecule has 0 aromatic heterocycles. The Balaban J connectivity index is 1.38. The molecule has 0 radical (unpaired) electrons. The van der Waals surface area contributed by atoms with E-state index >= 15 is 0 Å². The molecular weight excluding hydrogens is 709 g/mol. The van der Waals surface area contributed by atoms with Crippen LogP contribution in [-0.4, -0.2) is 93.8 Å². The van der Waals surface area contributed by atoms with Crippen molar-refractivity contribution in [2.24, 2.45) is 4.99 Å². The number of nitrogens with zero attached hydrogens (tertiary/aromatic N) is 4. The van der Waals surface area contributed by atoms with Crippen molar-refractivity contribution in [1.82, 2.24) is 15.1 Å². The highest BCUT2D eigenvalue weighted by atomic mass is 19.4. The van der Waals surface area contributed by atoms with Gasteiger partial charge in [-0.15, -0.1) is 0 Å². The Morgan fingerprint density at radius 2 is 1.69 bits per heavy atom. The zero-order valence-corrected chi connectivity index (χ0v) is 31.7. The standard InChI is InChI=1S/C42H49F3N6O4/c1-5-31(39(52)47-28-30-10-9-11-34(24-30)42(43,44)45)26-38(46-3)36-27-35(51-14-7-6-8-15-51)12-13-37(36)48-40(53)32-22-29(2)23-33(25-32)41(54)49(4)16-17-50-18-20-55-21-19-50/h5,9-13,22-27H,3,6-8,14-21,28H2,1-2,4H3,(H,47,52)(H,48,53)/b31-5+,38-26-. The number of likely N-dealkylation sites (N-methyl/N-ethyl adjacent to an activating group) is 1. The molecule has 2 aliphatic heterocycles. The first-order valence-electron chi connectivity index (χ1n) is 18.5. The fraction of sp³-hybridized carbons (Fsp3) is 0.381. The van der Waals surface area contributed by atoms with Crippen LogP contribution in [-0.2, 0) is 22.3 Å². The first kappa shape index (κ1) is 40.9. The molecule has 0 atom stereocenters. The topological polar surface area (TPSA) is 107 Å². The first-order valence-corrected chi connectivity index (χ1v) is 18.5. The third-order valence-electron chi connectivity index (χ3n) is 9.78. The number of aliphatic imine (C=N–C) groups is 1. The monoisotopic (exact) mass is 758 g/mol. The molecule has 0 saturated carbocycles. The predicted octanol–water partition coefficient (Wildman–Crippen LogP) is 6.96. The lowest BCUT2D eigenvalue weighted by Gasteiger charge is -2.29. The Morgan fingerprint density at radius 3 is 2.38 bits per heavy atom. The molecule has 2 heterocycles.